The number of aromatic nitrogens is 1. The zero-order chi connectivity index (χ0) is 21.1. The van der Waals surface area contributed by atoms with Gasteiger partial charge >= 0.3 is 11.9 Å². The van der Waals surface area contributed by atoms with Crippen molar-refractivity contribution in [2.75, 3.05) is 52.1 Å². The summed E-state index contributed by atoms with van der Waals surface area (Å²) in [4.78, 5) is 30.5. The van der Waals surface area contributed by atoms with Crippen molar-refractivity contribution in [3.63, 3.8) is 0 Å². The summed E-state index contributed by atoms with van der Waals surface area (Å²) >= 11 is 6.29. The third kappa shape index (κ3) is 6.92. The van der Waals surface area contributed by atoms with Crippen LogP contribution >= 0.6 is 11.6 Å². The van der Waals surface area contributed by atoms with Gasteiger partial charge in [-0.25, -0.2) is 9.78 Å². The monoisotopic (exact) mass is 416 g/mol. The molecule has 0 atom stereocenters. The Morgan fingerprint density at radius 3 is 2.29 bits per heavy atom. The second-order valence-electron chi connectivity index (χ2n) is 5.98. The first-order chi connectivity index (χ1) is 13.4. The van der Waals surface area contributed by atoms with Crippen molar-refractivity contribution in [2.24, 2.45) is 0 Å². The molecule has 1 aromatic rings. The topological polar surface area (TPSA) is 87.2 Å². The summed E-state index contributed by atoms with van der Waals surface area (Å²) < 4.78 is 20.8. The van der Waals surface area contributed by atoms with Gasteiger partial charge in [-0.2, -0.15) is 0 Å². The molecule has 158 valence electrons. The molecular formula is C19H29ClN2O6. The van der Waals surface area contributed by atoms with E-state index in [9.17, 15) is 9.59 Å². The minimum Gasteiger partial charge on any atom is -0.466 e. The number of ether oxygens (including phenoxy) is 4. The number of esters is 2. The molecule has 0 saturated heterocycles. The fourth-order valence-electron chi connectivity index (χ4n) is 2.79. The second kappa shape index (κ2) is 12.5. The summed E-state index contributed by atoms with van der Waals surface area (Å²) in [5, 5.41) is 0.0446. The predicted molar refractivity (Wildman–Crippen MR) is 106 cm³/mol. The van der Waals surface area contributed by atoms with E-state index in [2.05, 4.69) is 4.98 Å². The molecule has 0 aliphatic heterocycles. The molecule has 0 aliphatic rings. The number of pyridine rings is 1. The molecule has 0 bridgehead atoms. The van der Waals surface area contributed by atoms with Crippen molar-refractivity contribution in [1.29, 1.82) is 0 Å². The Morgan fingerprint density at radius 1 is 1.14 bits per heavy atom. The molecule has 0 saturated carbocycles. The van der Waals surface area contributed by atoms with E-state index >= 15 is 0 Å². The third-order valence-corrected chi connectivity index (χ3v) is 4.17. The quantitative estimate of drug-likeness (QED) is 0.379. The van der Waals surface area contributed by atoms with Gasteiger partial charge in [-0.15, -0.1) is 0 Å². The van der Waals surface area contributed by atoms with Gasteiger partial charge in [0.2, 0.25) is 0 Å². The molecule has 0 aromatic carbocycles. The third-order valence-electron chi connectivity index (χ3n) is 3.89. The standard InChI is InChI=1S/C19H29ClN2O6/c1-6-27-16(23)8-9-22(14(11-25-4)12-26-5)15-10-13(3)21-18(20)17(15)19(24)28-7-2/h10,14H,6-9,11-12H2,1-5H3. The van der Waals surface area contributed by atoms with Gasteiger partial charge < -0.3 is 23.8 Å². The summed E-state index contributed by atoms with van der Waals surface area (Å²) in [5.74, 6) is -0.916. The Morgan fingerprint density at radius 2 is 1.75 bits per heavy atom. The molecular weight excluding hydrogens is 388 g/mol. The molecule has 0 fully saturated rings. The van der Waals surface area contributed by atoms with Crippen LogP contribution in [-0.2, 0) is 23.7 Å². The predicted octanol–water partition coefficient (Wildman–Crippen LogP) is 2.64. The van der Waals surface area contributed by atoms with Crippen molar-refractivity contribution < 1.29 is 28.5 Å². The first kappa shape index (κ1) is 24.1. The Bertz CT molecular complexity index is 650. The maximum absolute atomic E-state index is 12.6. The summed E-state index contributed by atoms with van der Waals surface area (Å²) in [6, 6.07) is 1.47. The Hall–Kier alpha value is -1.90. The lowest BCUT2D eigenvalue weighted by atomic mass is 10.1. The highest BCUT2D eigenvalue weighted by Crippen LogP contribution is 2.30. The number of hydrogen-bond donors (Lipinski definition) is 0. The van der Waals surface area contributed by atoms with Gasteiger partial charge in [-0.1, -0.05) is 11.6 Å². The summed E-state index contributed by atoms with van der Waals surface area (Å²) in [5.41, 5.74) is 1.29. The van der Waals surface area contributed by atoms with Crippen molar-refractivity contribution in [3.05, 3.63) is 22.5 Å². The summed E-state index contributed by atoms with van der Waals surface area (Å²) in [6.45, 7) is 6.65. The van der Waals surface area contributed by atoms with E-state index < -0.39 is 5.97 Å². The molecule has 28 heavy (non-hydrogen) atoms. The van der Waals surface area contributed by atoms with Crippen LogP contribution in [0.25, 0.3) is 0 Å². The molecule has 0 spiro atoms. The van der Waals surface area contributed by atoms with Gasteiger partial charge in [0.1, 0.15) is 10.7 Å². The fourth-order valence-corrected chi connectivity index (χ4v) is 3.10. The summed E-state index contributed by atoms with van der Waals surface area (Å²) in [7, 11) is 3.15. The van der Waals surface area contributed by atoms with Gasteiger partial charge in [-0.05, 0) is 26.8 Å². The van der Waals surface area contributed by atoms with Crippen molar-refractivity contribution >= 4 is 29.2 Å². The molecule has 0 N–H and O–H groups in total. The number of aryl methyl sites for hydroxylation is 1. The zero-order valence-electron chi connectivity index (χ0n) is 17.1. The van der Waals surface area contributed by atoms with Crippen LogP contribution in [0.1, 0.15) is 36.3 Å². The highest BCUT2D eigenvalue weighted by atomic mass is 35.5. The molecule has 0 unspecified atom stereocenters. The summed E-state index contributed by atoms with van der Waals surface area (Å²) in [6.07, 6.45) is 0.124. The van der Waals surface area contributed by atoms with Crippen LogP contribution in [0.4, 0.5) is 5.69 Å². The molecule has 1 aromatic heterocycles. The molecule has 0 aliphatic carbocycles. The van der Waals surface area contributed by atoms with E-state index in [0.29, 0.717) is 31.2 Å². The van der Waals surface area contributed by atoms with E-state index in [1.807, 2.05) is 4.90 Å². The van der Waals surface area contributed by atoms with Crippen LogP contribution in [-0.4, -0.2) is 70.2 Å². The first-order valence-electron chi connectivity index (χ1n) is 9.13. The lowest BCUT2D eigenvalue weighted by molar-refractivity contribution is -0.142. The van der Waals surface area contributed by atoms with E-state index in [1.165, 1.54) is 0 Å². The van der Waals surface area contributed by atoms with Crippen LogP contribution in [0.5, 0.6) is 0 Å². The van der Waals surface area contributed by atoms with Crippen LogP contribution in [0.15, 0.2) is 6.07 Å². The average molecular weight is 417 g/mol. The maximum atomic E-state index is 12.6. The Kier molecular flexibility index (Phi) is 10.8. The van der Waals surface area contributed by atoms with E-state index in [-0.39, 0.29) is 42.3 Å². The number of carbonyl (C=O) groups is 2. The van der Waals surface area contributed by atoms with Gasteiger partial charge in [0.15, 0.2) is 0 Å². The highest BCUT2D eigenvalue weighted by Gasteiger charge is 2.28. The number of hydrogen-bond acceptors (Lipinski definition) is 8. The van der Waals surface area contributed by atoms with Crippen molar-refractivity contribution in [3.8, 4) is 0 Å². The minimum atomic E-state index is -0.579. The van der Waals surface area contributed by atoms with Crippen LogP contribution in [0.2, 0.25) is 5.15 Å². The minimum absolute atomic E-state index is 0.0446. The van der Waals surface area contributed by atoms with Gasteiger partial charge in [-0.3, -0.25) is 4.79 Å². The number of halogens is 1. The number of nitrogens with zero attached hydrogens (tertiary/aromatic N) is 2. The number of anilines is 1. The average Bonchev–Trinajstić information content (AvgIpc) is 2.62. The Labute approximate surface area is 171 Å². The van der Waals surface area contributed by atoms with E-state index in [1.54, 1.807) is 41.1 Å². The number of methoxy groups -OCH3 is 2. The first-order valence-corrected chi connectivity index (χ1v) is 9.51. The zero-order valence-corrected chi connectivity index (χ0v) is 17.9. The second-order valence-corrected chi connectivity index (χ2v) is 6.34. The van der Waals surface area contributed by atoms with Gasteiger partial charge in [0.05, 0.1) is 44.6 Å². The largest absolute Gasteiger partial charge is 0.466 e. The van der Waals surface area contributed by atoms with E-state index in [4.69, 9.17) is 30.5 Å². The molecule has 8 nitrogen and oxygen atoms in total. The van der Waals surface area contributed by atoms with Crippen LogP contribution in [0.3, 0.4) is 0 Å². The molecule has 9 heteroatoms. The SMILES string of the molecule is CCOC(=O)CCN(c1cc(C)nc(Cl)c1C(=O)OCC)C(COC)COC. The van der Waals surface area contributed by atoms with Crippen LogP contribution < -0.4 is 4.90 Å². The number of carbonyl (C=O) groups excluding carboxylic acids is 2. The maximum Gasteiger partial charge on any atom is 0.343 e. The molecule has 0 radical (unpaired) electrons. The lowest BCUT2D eigenvalue weighted by Gasteiger charge is -2.34. The van der Waals surface area contributed by atoms with Gasteiger partial charge in [0, 0.05) is 26.5 Å². The molecule has 1 heterocycles. The highest BCUT2D eigenvalue weighted by molar-refractivity contribution is 6.33. The smallest absolute Gasteiger partial charge is 0.343 e. The van der Waals surface area contributed by atoms with Gasteiger partial charge in [0.25, 0.3) is 0 Å². The Balaban J connectivity index is 3.41. The van der Waals surface area contributed by atoms with E-state index in [0.717, 1.165) is 0 Å². The van der Waals surface area contributed by atoms with Crippen LogP contribution in [0, 0.1) is 6.92 Å². The lowest BCUT2D eigenvalue weighted by Crippen LogP contribution is -2.44. The number of rotatable bonds is 12. The molecule has 1 rings (SSSR count). The van der Waals surface area contributed by atoms with Crippen molar-refractivity contribution in [1.82, 2.24) is 4.98 Å². The van der Waals surface area contributed by atoms with Crippen molar-refractivity contribution in [2.45, 2.75) is 33.2 Å². The fraction of sp³-hybridized carbons (Fsp3) is 0.632. The molecule has 0 amide bonds. The normalized spacial score (nSPS) is 10.8.